The number of amides is 1. The third-order valence-corrected chi connectivity index (χ3v) is 6.38. The average Bonchev–Trinajstić information content (AvgIpc) is 3.31. The minimum Gasteiger partial charge on any atom is -0.461 e. The average molecular weight is 427 g/mol. The number of ether oxygens (including phenoxy) is 1. The van der Waals surface area contributed by atoms with Gasteiger partial charge in [0.05, 0.1) is 18.4 Å². The van der Waals surface area contributed by atoms with Crippen LogP contribution in [0.1, 0.15) is 52.3 Å². The number of nitrogens with zero attached hydrogens (tertiary/aromatic N) is 4. The Kier molecular flexibility index (Phi) is 6.00. The van der Waals surface area contributed by atoms with Crippen molar-refractivity contribution in [2.45, 2.75) is 46.3 Å². The van der Waals surface area contributed by atoms with Gasteiger partial charge in [0.15, 0.2) is 5.69 Å². The number of carbonyl (C=O) groups excluding carboxylic acids is 2. The zero-order valence-corrected chi connectivity index (χ0v) is 18.4. The maximum atomic E-state index is 13.0. The molecule has 0 spiro atoms. The number of carbonyl (C=O) groups is 2. The Labute approximate surface area is 182 Å². The summed E-state index contributed by atoms with van der Waals surface area (Å²) < 4.78 is 6.60. The Morgan fingerprint density at radius 3 is 2.65 bits per heavy atom. The monoisotopic (exact) mass is 426 g/mol. The summed E-state index contributed by atoms with van der Waals surface area (Å²) >= 11 is 0. The lowest BCUT2D eigenvalue weighted by molar-refractivity contribution is -0.132. The topological polar surface area (TPSA) is 87.9 Å². The summed E-state index contributed by atoms with van der Waals surface area (Å²) in [6.45, 7) is 9.05. The molecule has 166 valence electrons. The van der Waals surface area contributed by atoms with Gasteiger partial charge in [-0.25, -0.2) is 4.79 Å². The molecule has 4 rings (SSSR count). The Morgan fingerprint density at radius 1 is 1.19 bits per heavy atom. The SMILES string of the molecule is CCOC(=O)c1nn(CC(=O)N2CCN(c3cccc(C)c3C)CC2)c2c1CCC2O. The van der Waals surface area contributed by atoms with Crippen molar-refractivity contribution in [1.82, 2.24) is 14.7 Å². The van der Waals surface area contributed by atoms with Gasteiger partial charge in [0.2, 0.25) is 5.91 Å². The molecule has 1 amide bonds. The number of aromatic nitrogens is 2. The highest BCUT2D eigenvalue weighted by molar-refractivity contribution is 5.89. The van der Waals surface area contributed by atoms with Crippen molar-refractivity contribution in [2.24, 2.45) is 0 Å². The van der Waals surface area contributed by atoms with Gasteiger partial charge in [-0.1, -0.05) is 12.1 Å². The predicted octanol–water partition coefficient (Wildman–Crippen LogP) is 2.01. The number of aliphatic hydroxyl groups excluding tert-OH is 1. The molecule has 2 aromatic rings. The Morgan fingerprint density at radius 2 is 1.94 bits per heavy atom. The van der Waals surface area contributed by atoms with Crippen molar-refractivity contribution >= 4 is 17.6 Å². The summed E-state index contributed by atoms with van der Waals surface area (Å²) in [5, 5.41) is 14.7. The quantitative estimate of drug-likeness (QED) is 0.736. The van der Waals surface area contributed by atoms with Crippen molar-refractivity contribution in [3.63, 3.8) is 0 Å². The van der Waals surface area contributed by atoms with E-state index in [1.165, 1.54) is 21.5 Å². The largest absolute Gasteiger partial charge is 0.461 e. The van der Waals surface area contributed by atoms with Crippen molar-refractivity contribution in [2.75, 3.05) is 37.7 Å². The first-order chi connectivity index (χ1) is 14.9. The summed E-state index contributed by atoms with van der Waals surface area (Å²) in [5.74, 6) is -0.554. The van der Waals surface area contributed by atoms with E-state index in [9.17, 15) is 14.7 Å². The molecule has 8 nitrogen and oxygen atoms in total. The van der Waals surface area contributed by atoms with E-state index < -0.39 is 12.1 Å². The van der Waals surface area contributed by atoms with Gasteiger partial charge < -0.3 is 19.6 Å². The van der Waals surface area contributed by atoms with Crippen LogP contribution in [0.5, 0.6) is 0 Å². The zero-order valence-electron chi connectivity index (χ0n) is 18.4. The number of aryl methyl sites for hydroxylation is 1. The molecule has 2 heterocycles. The van der Waals surface area contributed by atoms with Gasteiger partial charge in [-0.2, -0.15) is 5.10 Å². The number of esters is 1. The molecule has 1 unspecified atom stereocenters. The third kappa shape index (κ3) is 4.04. The van der Waals surface area contributed by atoms with Crippen molar-refractivity contribution in [3.8, 4) is 0 Å². The number of rotatable bonds is 5. The molecule has 0 saturated carbocycles. The standard InChI is InChI=1S/C23H30N4O4/c1-4-31-23(30)21-17-8-9-19(28)22(17)27(24-21)14-20(29)26-12-10-25(11-13-26)18-7-5-6-15(2)16(18)3/h5-7,19,28H,4,8-14H2,1-3H3. The molecule has 31 heavy (non-hydrogen) atoms. The lowest BCUT2D eigenvalue weighted by Gasteiger charge is -2.37. The van der Waals surface area contributed by atoms with Crippen LogP contribution in [0.3, 0.4) is 0 Å². The Bertz CT molecular complexity index is 992. The maximum Gasteiger partial charge on any atom is 0.359 e. The summed E-state index contributed by atoms with van der Waals surface area (Å²) in [5.41, 5.74) is 5.26. The second-order valence-electron chi connectivity index (χ2n) is 8.23. The van der Waals surface area contributed by atoms with Crippen LogP contribution >= 0.6 is 0 Å². The van der Waals surface area contributed by atoms with E-state index in [-0.39, 0.29) is 24.8 Å². The summed E-state index contributed by atoms with van der Waals surface area (Å²) in [6, 6.07) is 6.31. The first-order valence-electron chi connectivity index (χ1n) is 10.9. The zero-order chi connectivity index (χ0) is 22.1. The lowest BCUT2D eigenvalue weighted by atomic mass is 10.1. The van der Waals surface area contributed by atoms with Crippen LogP contribution in [-0.2, 0) is 22.5 Å². The Balaban J connectivity index is 1.45. The fraction of sp³-hybridized carbons (Fsp3) is 0.522. The van der Waals surface area contributed by atoms with E-state index in [0.717, 1.165) is 13.1 Å². The molecule has 0 radical (unpaired) electrons. The van der Waals surface area contributed by atoms with Gasteiger partial charge in [-0.05, 0) is 50.8 Å². The first-order valence-corrected chi connectivity index (χ1v) is 10.9. The van der Waals surface area contributed by atoms with E-state index in [2.05, 4.69) is 42.0 Å². The van der Waals surface area contributed by atoms with Crippen LogP contribution in [0.2, 0.25) is 0 Å². The van der Waals surface area contributed by atoms with Crippen LogP contribution in [0.25, 0.3) is 0 Å². The predicted molar refractivity (Wildman–Crippen MR) is 116 cm³/mol. The molecule has 1 atom stereocenters. The Hall–Kier alpha value is -2.87. The molecule has 1 aliphatic heterocycles. The number of aliphatic hydroxyl groups is 1. The van der Waals surface area contributed by atoms with Crippen LogP contribution < -0.4 is 4.90 Å². The molecular formula is C23H30N4O4. The second-order valence-corrected chi connectivity index (χ2v) is 8.23. The van der Waals surface area contributed by atoms with E-state index >= 15 is 0 Å². The van der Waals surface area contributed by atoms with Gasteiger partial charge in [0.25, 0.3) is 0 Å². The number of fused-ring (bicyclic) bond motifs is 1. The molecule has 0 bridgehead atoms. The minimum absolute atomic E-state index is 0.0161. The van der Waals surface area contributed by atoms with Gasteiger partial charge in [-0.3, -0.25) is 9.48 Å². The highest BCUT2D eigenvalue weighted by Gasteiger charge is 2.34. The fourth-order valence-corrected chi connectivity index (χ4v) is 4.54. The van der Waals surface area contributed by atoms with E-state index in [0.29, 0.717) is 37.2 Å². The molecule has 1 saturated heterocycles. The van der Waals surface area contributed by atoms with E-state index in [1.54, 1.807) is 6.92 Å². The molecule has 1 N–H and O–H groups in total. The molecule has 1 aromatic heterocycles. The van der Waals surface area contributed by atoms with E-state index in [1.807, 2.05) is 4.90 Å². The van der Waals surface area contributed by atoms with Crippen LogP contribution in [0, 0.1) is 13.8 Å². The van der Waals surface area contributed by atoms with E-state index in [4.69, 9.17) is 4.74 Å². The molecule has 1 fully saturated rings. The third-order valence-electron chi connectivity index (χ3n) is 6.38. The van der Waals surface area contributed by atoms with Gasteiger partial charge in [0.1, 0.15) is 6.54 Å². The minimum atomic E-state index is -0.709. The second kappa shape index (κ2) is 8.70. The first kappa shape index (κ1) is 21.4. The number of benzene rings is 1. The normalized spacial score (nSPS) is 18.3. The van der Waals surface area contributed by atoms with Crippen molar-refractivity contribution in [1.29, 1.82) is 0 Å². The summed E-state index contributed by atoms with van der Waals surface area (Å²) in [6.07, 6.45) is 0.384. The van der Waals surface area contributed by atoms with Gasteiger partial charge in [-0.15, -0.1) is 0 Å². The lowest BCUT2D eigenvalue weighted by Crippen LogP contribution is -2.50. The maximum absolute atomic E-state index is 13.0. The number of piperazine rings is 1. The van der Waals surface area contributed by atoms with Gasteiger partial charge >= 0.3 is 5.97 Å². The molecule has 2 aliphatic rings. The highest BCUT2D eigenvalue weighted by atomic mass is 16.5. The van der Waals surface area contributed by atoms with Crippen LogP contribution in [0.4, 0.5) is 5.69 Å². The summed E-state index contributed by atoms with van der Waals surface area (Å²) in [4.78, 5) is 29.4. The van der Waals surface area contributed by atoms with Gasteiger partial charge in [0, 0.05) is 37.4 Å². The molecule has 8 heteroatoms. The molecule has 1 aliphatic carbocycles. The molecular weight excluding hydrogens is 396 g/mol. The number of anilines is 1. The molecule has 1 aromatic carbocycles. The fourth-order valence-electron chi connectivity index (χ4n) is 4.54. The van der Waals surface area contributed by atoms with Crippen LogP contribution in [-0.4, -0.2) is 64.4 Å². The van der Waals surface area contributed by atoms with Crippen molar-refractivity contribution < 1.29 is 19.4 Å². The smallest absolute Gasteiger partial charge is 0.359 e. The van der Waals surface area contributed by atoms with Crippen molar-refractivity contribution in [3.05, 3.63) is 46.3 Å². The number of hydrogen-bond acceptors (Lipinski definition) is 6. The van der Waals surface area contributed by atoms with Crippen LogP contribution in [0.15, 0.2) is 18.2 Å². The summed E-state index contributed by atoms with van der Waals surface area (Å²) in [7, 11) is 0. The number of hydrogen-bond donors (Lipinski definition) is 1. The highest BCUT2D eigenvalue weighted by Crippen LogP contribution is 2.34.